The SMILES string of the molecule is CC(NCc1ccc(Br)c(F)c1)c1ccc2c(c1)OCO2. The summed E-state index contributed by atoms with van der Waals surface area (Å²) < 4.78 is 24.6. The Bertz CT molecular complexity index is 663. The van der Waals surface area contributed by atoms with Gasteiger partial charge in [0.05, 0.1) is 4.47 Å². The molecule has 1 atom stereocenters. The lowest BCUT2D eigenvalue weighted by Gasteiger charge is -2.15. The second-order valence-electron chi connectivity index (χ2n) is 4.96. The van der Waals surface area contributed by atoms with Gasteiger partial charge in [-0.1, -0.05) is 12.1 Å². The Balaban J connectivity index is 1.66. The van der Waals surface area contributed by atoms with Gasteiger partial charge in [0, 0.05) is 12.6 Å². The smallest absolute Gasteiger partial charge is 0.231 e. The maximum absolute atomic E-state index is 13.5. The number of ether oxygens (including phenoxy) is 2. The number of hydrogen-bond donors (Lipinski definition) is 1. The minimum absolute atomic E-state index is 0.131. The lowest BCUT2D eigenvalue weighted by Crippen LogP contribution is -2.18. The molecule has 110 valence electrons. The van der Waals surface area contributed by atoms with Crippen LogP contribution in [0.1, 0.15) is 24.1 Å². The number of fused-ring (bicyclic) bond motifs is 1. The van der Waals surface area contributed by atoms with Gasteiger partial charge in [-0.15, -0.1) is 0 Å². The summed E-state index contributed by atoms with van der Waals surface area (Å²) in [6.45, 7) is 2.94. The van der Waals surface area contributed by atoms with E-state index in [4.69, 9.17) is 9.47 Å². The van der Waals surface area contributed by atoms with Crippen molar-refractivity contribution < 1.29 is 13.9 Å². The molecule has 1 aliphatic heterocycles. The Kier molecular flexibility index (Phi) is 4.12. The van der Waals surface area contributed by atoms with Gasteiger partial charge < -0.3 is 14.8 Å². The highest BCUT2D eigenvalue weighted by Crippen LogP contribution is 2.34. The Morgan fingerprint density at radius 2 is 2.00 bits per heavy atom. The molecule has 0 aliphatic carbocycles. The fourth-order valence-electron chi connectivity index (χ4n) is 2.22. The van der Waals surface area contributed by atoms with Crippen LogP contribution in [0.5, 0.6) is 11.5 Å². The van der Waals surface area contributed by atoms with Crippen LogP contribution in [0.3, 0.4) is 0 Å². The Morgan fingerprint density at radius 3 is 2.81 bits per heavy atom. The molecular formula is C16H15BrFNO2. The fourth-order valence-corrected chi connectivity index (χ4v) is 2.47. The van der Waals surface area contributed by atoms with Gasteiger partial charge in [-0.05, 0) is 58.2 Å². The van der Waals surface area contributed by atoms with Crippen LogP contribution < -0.4 is 14.8 Å². The quantitative estimate of drug-likeness (QED) is 0.896. The van der Waals surface area contributed by atoms with E-state index in [0.717, 1.165) is 22.6 Å². The highest BCUT2D eigenvalue weighted by atomic mass is 79.9. The average molecular weight is 352 g/mol. The molecule has 1 N–H and O–H groups in total. The first-order valence-electron chi connectivity index (χ1n) is 6.70. The second kappa shape index (κ2) is 6.03. The number of rotatable bonds is 4. The molecule has 0 radical (unpaired) electrons. The van der Waals surface area contributed by atoms with Gasteiger partial charge in [0.15, 0.2) is 11.5 Å². The Labute approximate surface area is 131 Å². The molecule has 0 saturated heterocycles. The number of nitrogens with one attached hydrogen (secondary N) is 1. The van der Waals surface area contributed by atoms with Gasteiger partial charge in [-0.3, -0.25) is 0 Å². The van der Waals surface area contributed by atoms with E-state index in [1.165, 1.54) is 6.07 Å². The van der Waals surface area contributed by atoms with E-state index < -0.39 is 0 Å². The lowest BCUT2D eigenvalue weighted by atomic mass is 10.1. The molecule has 1 heterocycles. The Hall–Kier alpha value is -1.59. The van der Waals surface area contributed by atoms with E-state index in [9.17, 15) is 4.39 Å². The van der Waals surface area contributed by atoms with Gasteiger partial charge in [-0.25, -0.2) is 4.39 Å². The van der Waals surface area contributed by atoms with Gasteiger partial charge in [0.25, 0.3) is 0 Å². The standard InChI is InChI=1S/C16H15BrFNO2/c1-10(12-3-5-15-16(7-12)21-9-20-15)19-8-11-2-4-13(17)14(18)6-11/h2-7,10,19H,8-9H2,1H3. The van der Waals surface area contributed by atoms with Crippen molar-refractivity contribution in [3.63, 3.8) is 0 Å². The summed E-state index contributed by atoms with van der Waals surface area (Å²) in [5.41, 5.74) is 2.01. The van der Waals surface area contributed by atoms with E-state index >= 15 is 0 Å². The van der Waals surface area contributed by atoms with Crippen LogP contribution in [0.25, 0.3) is 0 Å². The largest absolute Gasteiger partial charge is 0.454 e. The van der Waals surface area contributed by atoms with Gasteiger partial charge >= 0.3 is 0 Å². The zero-order valence-corrected chi connectivity index (χ0v) is 13.1. The van der Waals surface area contributed by atoms with Crippen molar-refractivity contribution in [3.8, 4) is 11.5 Å². The zero-order valence-electron chi connectivity index (χ0n) is 11.5. The van der Waals surface area contributed by atoms with Gasteiger partial charge in [0.2, 0.25) is 6.79 Å². The van der Waals surface area contributed by atoms with Crippen LogP contribution in [0, 0.1) is 5.82 Å². The van der Waals surface area contributed by atoms with Crippen molar-refractivity contribution in [2.75, 3.05) is 6.79 Å². The second-order valence-corrected chi connectivity index (χ2v) is 5.82. The van der Waals surface area contributed by atoms with E-state index in [1.807, 2.05) is 24.3 Å². The third kappa shape index (κ3) is 3.19. The van der Waals surface area contributed by atoms with Crippen LogP contribution in [-0.4, -0.2) is 6.79 Å². The molecule has 0 amide bonds. The zero-order chi connectivity index (χ0) is 14.8. The molecule has 3 nitrogen and oxygen atoms in total. The summed E-state index contributed by atoms with van der Waals surface area (Å²) in [5, 5.41) is 3.37. The molecule has 0 saturated carbocycles. The molecule has 3 rings (SSSR count). The fraction of sp³-hybridized carbons (Fsp3) is 0.250. The van der Waals surface area contributed by atoms with Gasteiger partial charge in [0.1, 0.15) is 5.82 Å². The third-order valence-electron chi connectivity index (χ3n) is 3.49. The summed E-state index contributed by atoms with van der Waals surface area (Å²) in [5.74, 6) is 1.31. The lowest BCUT2D eigenvalue weighted by molar-refractivity contribution is 0.174. The van der Waals surface area contributed by atoms with E-state index in [1.54, 1.807) is 6.07 Å². The predicted octanol–water partition coefficient (Wildman–Crippen LogP) is 4.17. The summed E-state index contributed by atoms with van der Waals surface area (Å²) >= 11 is 3.15. The van der Waals surface area contributed by atoms with Crippen LogP contribution >= 0.6 is 15.9 Å². The van der Waals surface area contributed by atoms with Crippen molar-refractivity contribution in [1.29, 1.82) is 0 Å². The molecule has 0 bridgehead atoms. The molecule has 0 spiro atoms. The van der Waals surface area contributed by atoms with Gasteiger partial charge in [-0.2, -0.15) is 0 Å². The molecular weight excluding hydrogens is 337 g/mol. The van der Waals surface area contributed by atoms with E-state index in [-0.39, 0.29) is 18.7 Å². The molecule has 5 heteroatoms. The summed E-state index contributed by atoms with van der Waals surface area (Å²) in [4.78, 5) is 0. The van der Waals surface area contributed by atoms with Crippen molar-refractivity contribution in [2.45, 2.75) is 19.5 Å². The molecule has 21 heavy (non-hydrogen) atoms. The molecule has 2 aromatic rings. The molecule has 2 aromatic carbocycles. The molecule has 0 fully saturated rings. The maximum Gasteiger partial charge on any atom is 0.231 e. The molecule has 0 aromatic heterocycles. The number of halogens is 2. The molecule has 1 unspecified atom stereocenters. The maximum atomic E-state index is 13.5. The predicted molar refractivity (Wildman–Crippen MR) is 81.9 cm³/mol. The normalized spacial score (nSPS) is 14.2. The number of benzene rings is 2. The van der Waals surface area contributed by atoms with Crippen molar-refractivity contribution >= 4 is 15.9 Å². The number of hydrogen-bond acceptors (Lipinski definition) is 3. The van der Waals surface area contributed by atoms with Crippen LogP contribution in [0.15, 0.2) is 40.9 Å². The summed E-state index contributed by atoms with van der Waals surface area (Å²) in [7, 11) is 0. The van der Waals surface area contributed by atoms with Crippen LogP contribution in [0.4, 0.5) is 4.39 Å². The summed E-state index contributed by atoms with van der Waals surface area (Å²) in [6, 6.07) is 11.2. The average Bonchev–Trinajstić information content (AvgIpc) is 2.95. The van der Waals surface area contributed by atoms with Crippen molar-refractivity contribution in [3.05, 3.63) is 57.8 Å². The van der Waals surface area contributed by atoms with E-state index in [0.29, 0.717) is 11.0 Å². The minimum atomic E-state index is -0.245. The Morgan fingerprint density at radius 1 is 1.19 bits per heavy atom. The van der Waals surface area contributed by atoms with Crippen molar-refractivity contribution in [1.82, 2.24) is 5.32 Å². The minimum Gasteiger partial charge on any atom is -0.454 e. The van der Waals surface area contributed by atoms with Crippen LogP contribution in [-0.2, 0) is 6.54 Å². The first-order valence-corrected chi connectivity index (χ1v) is 7.49. The molecule has 1 aliphatic rings. The first-order chi connectivity index (χ1) is 10.1. The van der Waals surface area contributed by atoms with Crippen LogP contribution in [0.2, 0.25) is 0 Å². The first kappa shape index (κ1) is 14.4. The third-order valence-corrected chi connectivity index (χ3v) is 4.14. The monoisotopic (exact) mass is 351 g/mol. The van der Waals surface area contributed by atoms with E-state index in [2.05, 4.69) is 28.2 Å². The van der Waals surface area contributed by atoms with Crippen molar-refractivity contribution in [2.24, 2.45) is 0 Å². The highest BCUT2D eigenvalue weighted by molar-refractivity contribution is 9.10. The summed E-state index contributed by atoms with van der Waals surface area (Å²) in [6.07, 6.45) is 0. The topological polar surface area (TPSA) is 30.5 Å². The highest BCUT2D eigenvalue weighted by Gasteiger charge is 2.15.